The molecule has 0 amide bonds. The Balaban J connectivity index is 2.25. The van der Waals surface area contributed by atoms with Crippen molar-refractivity contribution >= 4 is 10.3 Å². The first kappa shape index (κ1) is 18.3. The summed E-state index contributed by atoms with van der Waals surface area (Å²) in [6, 6.07) is 3.86. The number of halogens is 4. The van der Waals surface area contributed by atoms with Gasteiger partial charge < -0.3 is 5.73 Å². The summed E-state index contributed by atoms with van der Waals surface area (Å²) in [4.78, 5) is 0. The molecule has 1 aliphatic heterocycles. The second-order valence-corrected chi connectivity index (χ2v) is 8.44. The van der Waals surface area contributed by atoms with E-state index in [0.717, 1.165) is 0 Å². The van der Waals surface area contributed by atoms with E-state index in [1.165, 1.54) is 25.1 Å². The van der Waals surface area contributed by atoms with E-state index in [1.807, 2.05) is 0 Å². The Morgan fingerprint density at radius 1 is 1.35 bits per heavy atom. The van der Waals surface area contributed by atoms with Gasteiger partial charge in [0.2, 0.25) is 0 Å². The van der Waals surface area contributed by atoms with E-state index >= 15 is 0 Å². The van der Waals surface area contributed by atoms with Crippen LogP contribution in [0.25, 0.3) is 0 Å². The minimum atomic E-state index is -4.50. The maximum Gasteiger partial charge on any atom is 0.404 e. The summed E-state index contributed by atoms with van der Waals surface area (Å²) in [5, 5.41) is 0. The highest BCUT2D eigenvalue weighted by atomic mass is 32.3. The lowest BCUT2D eigenvalue weighted by molar-refractivity contribution is -0.152. The largest absolute Gasteiger partial charge is 0.404 e. The van der Waals surface area contributed by atoms with E-state index in [-0.39, 0.29) is 30.7 Å². The second kappa shape index (κ2) is 6.46. The van der Waals surface area contributed by atoms with Crippen molar-refractivity contribution < 1.29 is 21.8 Å². The van der Waals surface area contributed by atoms with E-state index in [1.54, 1.807) is 6.07 Å². The Morgan fingerprint density at radius 3 is 2.61 bits per heavy atom. The molecule has 9 heteroatoms. The number of alkyl halides is 3. The number of hydrogen-bond acceptors (Lipinski definition) is 2. The lowest BCUT2D eigenvalue weighted by Gasteiger charge is -2.36. The monoisotopic (exact) mass is 355 g/mol. The molecule has 132 valence electrons. The molecule has 4 N–H and O–H groups in total. The molecule has 1 aromatic rings. The van der Waals surface area contributed by atoms with Crippen LogP contribution >= 0.6 is 0 Å². The van der Waals surface area contributed by atoms with Crippen LogP contribution in [0.15, 0.2) is 24.3 Å². The highest BCUT2D eigenvalue weighted by Crippen LogP contribution is 2.29. The third kappa shape index (κ3) is 4.50. The van der Waals surface area contributed by atoms with E-state index in [9.17, 15) is 21.8 Å². The molecule has 0 spiro atoms. The van der Waals surface area contributed by atoms with Gasteiger partial charge in [0.25, 0.3) is 0 Å². The highest BCUT2D eigenvalue weighted by Gasteiger charge is 2.44. The van der Waals surface area contributed by atoms with Crippen LogP contribution in [0.1, 0.15) is 25.3 Å². The van der Waals surface area contributed by atoms with Crippen molar-refractivity contribution in [2.45, 2.75) is 37.5 Å². The zero-order valence-corrected chi connectivity index (χ0v) is 13.6. The Labute approximate surface area is 133 Å². The molecule has 0 aromatic heterocycles. The van der Waals surface area contributed by atoms with Crippen LogP contribution < -0.4 is 15.2 Å². The van der Waals surface area contributed by atoms with Crippen molar-refractivity contribution in [3.63, 3.8) is 0 Å². The first-order valence-corrected chi connectivity index (χ1v) is 9.15. The molecule has 0 aliphatic carbocycles. The van der Waals surface area contributed by atoms with E-state index in [2.05, 4.69) is 9.44 Å². The van der Waals surface area contributed by atoms with E-state index in [0.29, 0.717) is 0 Å². The van der Waals surface area contributed by atoms with Gasteiger partial charge in [0.05, 0.1) is 5.54 Å². The van der Waals surface area contributed by atoms with Gasteiger partial charge in [-0.1, -0.05) is 18.2 Å². The SMILES string of the molecule is CC(N)(C[SH]1(=O)NCCC[C@@H](C(F)(F)F)N1)c1ccccc1F. The number of benzene rings is 1. The van der Waals surface area contributed by atoms with Gasteiger partial charge in [-0.2, -0.15) is 13.2 Å². The molecule has 1 heterocycles. The summed E-state index contributed by atoms with van der Waals surface area (Å²) >= 11 is 0. The maximum absolute atomic E-state index is 13.9. The van der Waals surface area contributed by atoms with Gasteiger partial charge in [0.1, 0.15) is 11.9 Å². The van der Waals surface area contributed by atoms with Gasteiger partial charge in [0, 0.05) is 17.9 Å². The number of hydrogen-bond donors (Lipinski definition) is 4. The predicted molar refractivity (Wildman–Crippen MR) is 82.6 cm³/mol. The second-order valence-electron chi connectivity index (χ2n) is 6.07. The molecular formula is C14H21F4N3OS. The van der Waals surface area contributed by atoms with Gasteiger partial charge in [-0.15, -0.1) is 0 Å². The summed E-state index contributed by atoms with van der Waals surface area (Å²) in [5.41, 5.74) is 4.83. The standard InChI is InChI=1S/C14H21F4N3OS/c1-13(19,10-5-2-3-6-11(10)15)9-23(22)20-8-4-7-12(21-23)14(16,17)18/h2-3,5-6,12,23H,4,7-9,19H2,1H3,(H2,20,21,22)/t12-,13?/m0/s1. The fraction of sp³-hybridized carbons (Fsp3) is 0.571. The first-order valence-electron chi connectivity index (χ1n) is 7.26. The molecule has 1 aromatic carbocycles. The van der Waals surface area contributed by atoms with Crippen LogP contribution in [0, 0.1) is 5.82 Å². The fourth-order valence-electron chi connectivity index (χ4n) is 2.74. The van der Waals surface area contributed by atoms with Crippen LogP contribution in [0.3, 0.4) is 0 Å². The topological polar surface area (TPSA) is 67.2 Å². The smallest absolute Gasteiger partial charge is 0.321 e. The summed E-state index contributed by atoms with van der Waals surface area (Å²) in [6.07, 6.45) is -4.42. The Kier molecular flexibility index (Phi) is 5.15. The average molecular weight is 355 g/mol. The normalized spacial score (nSPS) is 26.1. The number of nitrogens with two attached hydrogens (primary N) is 1. The summed E-state index contributed by atoms with van der Waals surface area (Å²) in [5.74, 6) is -0.903. The van der Waals surface area contributed by atoms with Gasteiger partial charge in [-0.05, 0) is 36.1 Å². The molecule has 1 aliphatic rings. The molecule has 4 nitrogen and oxygen atoms in total. The minimum absolute atomic E-state index is 0.117. The Bertz CT molecular complexity index is 606. The van der Waals surface area contributed by atoms with E-state index in [4.69, 9.17) is 5.73 Å². The molecule has 2 rings (SSSR count). The van der Waals surface area contributed by atoms with Crippen LogP contribution in [0.2, 0.25) is 0 Å². The summed E-state index contributed by atoms with van der Waals surface area (Å²) in [6.45, 7) is 1.64. The van der Waals surface area contributed by atoms with Crippen molar-refractivity contribution in [1.29, 1.82) is 0 Å². The average Bonchev–Trinajstić information content (AvgIpc) is 2.60. The molecule has 0 saturated carbocycles. The lowest BCUT2D eigenvalue weighted by Crippen LogP contribution is -2.57. The molecule has 1 saturated heterocycles. The molecule has 2 atom stereocenters. The third-order valence-corrected chi connectivity index (χ3v) is 6.40. The lowest BCUT2D eigenvalue weighted by atomic mass is 9.95. The third-order valence-electron chi connectivity index (χ3n) is 3.84. The summed E-state index contributed by atoms with van der Waals surface area (Å²) < 4.78 is 70.6. The molecular weight excluding hydrogens is 334 g/mol. The molecule has 0 bridgehead atoms. The van der Waals surface area contributed by atoms with Gasteiger partial charge in [0.15, 0.2) is 0 Å². The predicted octanol–water partition coefficient (Wildman–Crippen LogP) is 1.75. The van der Waals surface area contributed by atoms with Crippen LogP contribution in [-0.4, -0.2) is 28.7 Å². The maximum atomic E-state index is 13.9. The zero-order chi connectivity index (χ0) is 17.3. The van der Waals surface area contributed by atoms with Crippen LogP contribution in [0.4, 0.5) is 17.6 Å². The number of rotatable bonds is 3. The van der Waals surface area contributed by atoms with Gasteiger partial charge in [-0.3, -0.25) is 4.21 Å². The first-order chi connectivity index (χ1) is 10.5. The Morgan fingerprint density at radius 2 is 2.00 bits per heavy atom. The number of nitrogens with one attached hydrogen (secondary N) is 2. The minimum Gasteiger partial charge on any atom is -0.321 e. The highest BCUT2D eigenvalue weighted by molar-refractivity contribution is 7.99. The van der Waals surface area contributed by atoms with Crippen molar-refractivity contribution in [3.8, 4) is 0 Å². The van der Waals surface area contributed by atoms with Gasteiger partial charge in [-0.25, -0.2) is 13.8 Å². The zero-order valence-electron chi connectivity index (χ0n) is 12.7. The van der Waals surface area contributed by atoms with Crippen LogP contribution in [0.5, 0.6) is 0 Å². The molecule has 1 fully saturated rings. The summed E-state index contributed by atoms with van der Waals surface area (Å²) in [7, 11) is -3.63. The molecule has 1 unspecified atom stereocenters. The quantitative estimate of drug-likeness (QED) is 0.493. The van der Waals surface area contributed by atoms with Crippen molar-refractivity contribution in [3.05, 3.63) is 35.6 Å². The number of thiol groups is 1. The van der Waals surface area contributed by atoms with Gasteiger partial charge >= 0.3 is 6.18 Å². The van der Waals surface area contributed by atoms with Crippen molar-refractivity contribution in [1.82, 2.24) is 9.44 Å². The van der Waals surface area contributed by atoms with Crippen molar-refractivity contribution in [2.75, 3.05) is 12.3 Å². The van der Waals surface area contributed by atoms with E-state index < -0.39 is 33.9 Å². The molecule has 23 heavy (non-hydrogen) atoms. The molecule has 0 radical (unpaired) electrons. The Hall–Kier alpha value is -1.03. The van der Waals surface area contributed by atoms with Crippen LogP contribution in [-0.2, 0) is 15.8 Å². The van der Waals surface area contributed by atoms with Crippen molar-refractivity contribution in [2.24, 2.45) is 5.73 Å². The fourth-order valence-corrected chi connectivity index (χ4v) is 5.43.